The van der Waals surface area contributed by atoms with E-state index in [9.17, 15) is 13.9 Å². The summed E-state index contributed by atoms with van der Waals surface area (Å²) >= 11 is 0. The molecular weight excluding hydrogens is 218 g/mol. The summed E-state index contributed by atoms with van der Waals surface area (Å²) in [5.74, 6) is -1.99. The van der Waals surface area contributed by atoms with E-state index >= 15 is 0 Å². The maximum absolute atomic E-state index is 13.3. The average molecular weight is 230 g/mol. The van der Waals surface area contributed by atoms with Crippen LogP contribution in [0.2, 0.25) is 0 Å². The molecule has 88 valence electrons. The van der Waals surface area contributed by atoms with Gasteiger partial charge in [0.1, 0.15) is 12.2 Å². The minimum atomic E-state index is -1.16. The molecule has 1 N–H and O–H groups in total. The SMILES string of the molecule is OC(COC1COC1)c1cccc(F)c1F. The van der Waals surface area contributed by atoms with E-state index in [-0.39, 0.29) is 18.3 Å². The van der Waals surface area contributed by atoms with Crippen molar-refractivity contribution in [3.63, 3.8) is 0 Å². The number of rotatable bonds is 4. The second-order valence-electron chi connectivity index (χ2n) is 3.65. The molecule has 1 heterocycles. The van der Waals surface area contributed by atoms with Crippen LogP contribution in [-0.4, -0.2) is 31.0 Å². The molecule has 0 radical (unpaired) electrons. The van der Waals surface area contributed by atoms with E-state index in [1.165, 1.54) is 12.1 Å². The van der Waals surface area contributed by atoms with Crippen LogP contribution in [0.15, 0.2) is 18.2 Å². The van der Waals surface area contributed by atoms with Crippen molar-refractivity contribution in [2.45, 2.75) is 12.2 Å². The van der Waals surface area contributed by atoms with Gasteiger partial charge in [0.25, 0.3) is 0 Å². The normalized spacial score (nSPS) is 18.2. The molecule has 3 nitrogen and oxygen atoms in total. The van der Waals surface area contributed by atoms with Gasteiger partial charge in [-0.05, 0) is 6.07 Å². The summed E-state index contributed by atoms with van der Waals surface area (Å²) in [5.41, 5.74) is -0.0831. The van der Waals surface area contributed by atoms with Gasteiger partial charge < -0.3 is 14.6 Å². The average Bonchev–Trinajstić information content (AvgIpc) is 2.19. The van der Waals surface area contributed by atoms with E-state index in [4.69, 9.17) is 9.47 Å². The number of ether oxygens (including phenoxy) is 2. The number of benzene rings is 1. The second kappa shape index (κ2) is 4.86. The molecule has 1 saturated heterocycles. The standard InChI is InChI=1S/C11H12F2O3/c12-9-3-1-2-8(11(9)13)10(14)6-16-7-4-15-5-7/h1-3,7,10,14H,4-6H2. The molecule has 2 rings (SSSR count). The maximum atomic E-state index is 13.3. The van der Waals surface area contributed by atoms with Crippen LogP contribution in [0.25, 0.3) is 0 Å². The van der Waals surface area contributed by atoms with Crippen molar-refractivity contribution in [3.8, 4) is 0 Å². The van der Waals surface area contributed by atoms with Crippen molar-refractivity contribution >= 4 is 0 Å². The van der Waals surface area contributed by atoms with Crippen molar-refractivity contribution in [1.29, 1.82) is 0 Å². The fourth-order valence-electron chi connectivity index (χ4n) is 1.41. The highest BCUT2D eigenvalue weighted by Crippen LogP contribution is 2.20. The minimum Gasteiger partial charge on any atom is -0.386 e. The first kappa shape index (κ1) is 11.4. The summed E-state index contributed by atoms with van der Waals surface area (Å²) in [7, 11) is 0. The van der Waals surface area contributed by atoms with Crippen LogP contribution in [0, 0.1) is 11.6 Å². The fourth-order valence-corrected chi connectivity index (χ4v) is 1.41. The molecule has 0 aliphatic carbocycles. The van der Waals surface area contributed by atoms with Crippen molar-refractivity contribution in [2.24, 2.45) is 0 Å². The molecule has 1 aliphatic heterocycles. The van der Waals surface area contributed by atoms with Crippen LogP contribution >= 0.6 is 0 Å². The Morgan fingerprint density at radius 3 is 2.81 bits per heavy atom. The smallest absolute Gasteiger partial charge is 0.164 e. The van der Waals surface area contributed by atoms with Crippen LogP contribution in [0.4, 0.5) is 8.78 Å². The molecule has 0 amide bonds. The molecule has 0 aromatic heterocycles. The summed E-state index contributed by atoms with van der Waals surface area (Å²) in [6.07, 6.45) is -1.21. The molecule has 1 aliphatic rings. The fraction of sp³-hybridized carbons (Fsp3) is 0.455. The highest BCUT2D eigenvalue weighted by Gasteiger charge is 2.22. The van der Waals surface area contributed by atoms with Gasteiger partial charge >= 0.3 is 0 Å². The van der Waals surface area contributed by atoms with Crippen LogP contribution in [0.3, 0.4) is 0 Å². The zero-order chi connectivity index (χ0) is 11.5. The predicted octanol–water partition coefficient (Wildman–Crippen LogP) is 1.41. The second-order valence-corrected chi connectivity index (χ2v) is 3.65. The Morgan fingerprint density at radius 2 is 2.19 bits per heavy atom. The van der Waals surface area contributed by atoms with Gasteiger partial charge in [-0.2, -0.15) is 0 Å². The van der Waals surface area contributed by atoms with Gasteiger partial charge in [-0.15, -0.1) is 0 Å². The van der Waals surface area contributed by atoms with Gasteiger partial charge in [-0.3, -0.25) is 0 Å². The third-order valence-electron chi connectivity index (χ3n) is 2.44. The van der Waals surface area contributed by atoms with Gasteiger partial charge in [0.2, 0.25) is 0 Å². The molecule has 0 saturated carbocycles. The topological polar surface area (TPSA) is 38.7 Å². The number of hydrogen-bond acceptors (Lipinski definition) is 3. The number of aliphatic hydroxyl groups excluding tert-OH is 1. The van der Waals surface area contributed by atoms with Crippen molar-refractivity contribution in [1.82, 2.24) is 0 Å². The molecule has 1 fully saturated rings. The van der Waals surface area contributed by atoms with E-state index < -0.39 is 17.7 Å². The van der Waals surface area contributed by atoms with E-state index in [0.29, 0.717) is 13.2 Å². The van der Waals surface area contributed by atoms with E-state index in [1.54, 1.807) is 0 Å². The lowest BCUT2D eigenvalue weighted by molar-refractivity contribution is -0.143. The van der Waals surface area contributed by atoms with Crippen LogP contribution < -0.4 is 0 Å². The minimum absolute atomic E-state index is 0.0497. The lowest BCUT2D eigenvalue weighted by Gasteiger charge is -2.27. The van der Waals surface area contributed by atoms with Gasteiger partial charge in [-0.1, -0.05) is 12.1 Å². The molecule has 1 aromatic rings. The molecule has 0 bridgehead atoms. The highest BCUT2D eigenvalue weighted by molar-refractivity contribution is 5.21. The molecule has 0 spiro atoms. The summed E-state index contributed by atoms with van der Waals surface area (Å²) in [4.78, 5) is 0. The Balaban J connectivity index is 1.96. The first-order chi connectivity index (χ1) is 7.68. The first-order valence-corrected chi connectivity index (χ1v) is 5.00. The lowest BCUT2D eigenvalue weighted by Crippen LogP contribution is -2.37. The summed E-state index contributed by atoms with van der Waals surface area (Å²) in [6, 6.07) is 3.69. The summed E-state index contributed by atoms with van der Waals surface area (Å²) in [6.45, 7) is 0.908. The molecule has 5 heteroatoms. The Bertz CT molecular complexity index is 366. The van der Waals surface area contributed by atoms with Gasteiger partial charge in [0.05, 0.1) is 19.8 Å². The van der Waals surface area contributed by atoms with Gasteiger partial charge in [-0.25, -0.2) is 8.78 Å². The largest absolute Gasteiger partial charge is 0.386 e. The van der Waals surface area contributed by atoms with Crippen molar-refractivity contribution in [3.05, 3.63) is 35.4 Å². The number of hydrogen-bond donors (Lipinski definition) is 1. The lowest BCUT2D eigenvalue weighted by atomic mass is 10.1. The van der Waals surface area contributed by atoms with Gasteiger partial charge in [0.15, 0.2) is 11.6 Å². The zero-order valence-electron chi connectivity index (χ0n) is 8.53. The summed E-state index contributed by atoms with van der Waals surface area (Å²) < 4.78 is 36.2. The van der Waals surface area contributed by atoms with Gasteiger partial charge in [0, 0.05) is 5.56 Å². The molecule has 16 heavy (non-hydrogen) atoms. The Hall–Kier alpha value is -1.04. The van der Waals surface area contributed by atoms with Crippen molar-refractivity contribution < 1.29 is 23.4 Å². The van der Waals surface area contributed by atoms with Crippen LogP contribution in [-0.2, 0) is 9.47 Å². The Labute approximate surface area is 91.6 Å². The Kier molecular flexibility index (Phi) is 3.48. The Morgan fingerprint density at radius 1 is 1.44 bits per heavy atom. The molecule has 1 atom stereocenters. The first-order valence-electron chi connectivity index (χ1n) is 5.00. The van der Waals surface area contributed by atoms with E-state index in [1.807, 2.05) is 0 Å². The maximum Gasteiger partial charge on any atom is 0.164 e. The molecule has 1 aromatic carbocycles. The molecular formula is C11H12F2O3. The number of aliphatic hydroxyl groups is 1. The van der Waals surface area contributed by atoms with E-state index in [2.05, 4.69) is 0 Å². The van der Waals surface area contributed by atoms with Crippen LogP contribution in [0.5, 0.6) is 0 Å². The highest BCUT2D eigenvalue weighted by atomic mass is 19.2. The summed E-state index contributed by atoms with van der Waals surface area (Å²) in [5, 5.41) is 9.62. The van der Waals surface area contributed by atoms with E-state index in [0.717, 1.165) is 6.07 Å². The van der Waals surface area contributed by atoms with Crippen molar-refractivity contribution in [2.75, 3.05) is 19.8 Å². The molecule has 1 unspecified atom stereocenters. The predicted molar refractivity (Wildman–Crippen MR) is 51.9 cm³/mol. The number of halogens is 2. The zero-order valence-corrected chi connectivity index (χ0v) is 8.53. The van der Waals surface area contributed by atoms with Crippen LogP contribution in [0.1, 0.15) is 11.7 Å². The monoisotopic (exact) mass is 230 g/mol. The third-order valence-corrected chi connectivity index (χ3v) is 2.44. The third kappa shape index (κ3) is 2.37. The quantitative estimate of drug-likeness (QED) is 0.850.